The SMILES string of the molecule is Cc1ccc(-c2nc3nc4ccccc4nc3n2-c2cccc(Br)c2)cc1. The van der Waals surface area contributed by atoms with E-state index in [9.17, 15) is 0 Å². The summed E-state index contributed by atoms with van der Waals surface area (Å²) in [5.74, 6) is 0.832. The van der Waals surface area contributed by atoms with E-state index >= 15 is 0 Å². The second kappa shape index (κ2) is 6.28. The smallest absolute Gasteiger partial charge is 0.199 e. The zero-order valence-corrected chi connectivity index (χ0v) is 16.2. The van der Waals surface area contributed by atoms with Crippen molar-refractivity contribution in [1.29, 1.82) is 0 Å². The third kappa shape index (κ3) is 2.80. The van der Waals surface area contributed by atoms with Crippen LogP contribution in [-0.2, 0) is 0 Å². The highest BCUT2D eigenvalue weighted by atomic mass is 79.9. The molecule has 0 aliphatic heterocycles. The lowest BCUT2D eigenvalue weighted by Crippen LogP contribution is -1.99. The summed E-state index contributed by atoms with van der Waals surface area (Å²) < 4.78 is 3.08. The average molecular weight is 415 g/mol. The van der Waals surface area contributed by atoms with Crippen molar-refractivity contribution in [3.8, 4) is 17.1 Å². The number of benzene rings is 3. The Bertz CT molecular complexity index is 1290. The summed E-state index contributed by atoms with van der Waals surface area (Å²) in [5.41, 5.74) is 6.34. The monoisotopic (exact) mass is 414 g/mol. The van der Waals surface area contributed by atoms with E-state index in [4.69, 9.17) is 15.0 Å². The number of aromatic nitrogens is 4. The molecule has 3 aromatic carbocycles. The highest BCUT2D eigenvalue weighted by Crippen LogP contribution is 2.29. The molecule has 0 fully saturated rings. The van der Waals surface area contributed by atoms with E-state index in [2.05, 4.69) is 63.8 Å². The molecule has 0 amide bonds. The standard InChI is InChI=1S/C22H15BrN4/c1-14-9-11-15(12-10-14)21-26-20-22(25-19-8-3-2-7-18(19)24-20)27(21)17-6-4-5-16(23)13-17/h2-13H,1H3. The van der Waals surface area contributed by atoms with E-state index < -0.39 is 0 Å². The number of hydrogen-bond donors (Lipinski definition) is 0. The Kier molecular flexibility index (Phi) is 3.76. The number of para-hydroxylation sites is 2. The molecule has 0 saturated carbocycles. The van der Waals surface area contributed by atoms with Gasteiger partial charge >= 0.3 is 0 Å². The molecule has 4 nitrogen and oxygen atoms in total. The van der Waals surface area contributed by atoms with Crippen molar-refractivity contribution < 1.29 is 0 Å². The van der Waals surface area contributed by atoms with E-state index in [1.54, 1.807) is 0 Å². The molecule has 0 radical (unpaired) electrons. The van der Waals surface area contributed by atoms with Crippen LogP contribution in [0.4, 0.5) is 0 Å². The molecule has 0 atom stereocenters. The Morgan fingerprint density at radius 2 is 1.52 bits per heavy atom. The highest BCUT2D eigenvalue weighted by molar-refractivity contribution is 9.10. The Morgan fingerprint density at radius 3 is 2.26 bits per heavy atom. The first kappa shape index (κ1) is 16.1. The zero-order valence-electron chi connectivity index (χ0n) is 14.6. The number of halogens is 1. The third-order valence-electron chi connectivity index (χ3n) is 4.55. The fourth-order valence-corrected chi connectivity index (χ4v) is 3.60. The second-order valence-corrected chi connectivity index (χ2v) is 7.39. The van der Waals surface area contributed by atoms with Gasteiger partial charge in [0.05, 0.1) is 16.7 Å². The van der Waals surface area contributed by atoms with Crippen LogP contribution in [0.1, 0.15) is 5.56 Å². The normalized spacial score (nSPS) is 11.3. The average Bonchev–Trinajstić information content (AvgIpc) is 3.05. The van der Waals surface area contributed by atoms with Crippen LogP contribution in [0.3, 0.4) is 0 Å². The van der Waals surface area contributed by atoms with Gasteiger partial charge in [0.25, 0.3) is 0 Å². The van der Waals surface area contributed by atoms with Gasteiger partial charge in [-0.2, -0.15) is 0 Å². The minimum Gasteiger partial charge on any atom is -0.275 e. The first-order valence-electron chi connectivity index (χ1n) is 8.67. The lowest BCUT2D eigenvalue weighted by molar-refractivity contribution is 1.08. The van der Waals surface area contributed by atoms with Gasteiger partial charge in [0, 0.05) is 10.0 Å². The van der Waals surface area contributed by atoms with Crippen molar-refractivity contribution in [2.24, 2.45) is 0 Å². The topological polar surface area (TPSA) is 43.6 Å². The lowest BCUT2D eigenvalue weighted by atomic mass is 10.1. The molecule has 0 unspecified atom stereocenters. The van der Waals surface area contributed by atoms with Crippen molar-refractivity contribution in [2.75, 3.05) is 0 Å². The molecule has 0 N–H and O–H groups in total. The largest absolute Gasteiger partial charge is 0.275 e. The number of fused-ring (bicyclic) bond motifs is 2. The number of imidazole rings is 1. The predicted octanol–water partition coefficient (Wildman–Crippen LogP) is 5.71. The number of hydrogen-bond acceptors (Lipinski definition) is 3. The van der Waals surface area contributed by atoms with E-state index in [1.165, 1.54) is 5.56 Å². The molecular weight excluding hydrogens is 400 g/mol. The fourth-order valence-electron chi connectivity index (χ4n) is 3.21. The molecule has 5 rings (SSSR count). The van der Waals surface area contributed by atoms with Gasteiger partial charge in [-0.25, -0.2) is 15.0 Å². The summed E-state index contributed by atoms with van der Waals surface area (Å²) >= 11 is 3.57. The van der Waals surface area contributed by atoms with Crippen LogP contribution < -0.4 is 0 Å². The van der Waals surface area contributed by atoms with E-state index in [-0.39, 0.29) is 0 Å². The summed E-state index contributed by atoms with van der Waals surface area (Å²) in [6.45, 7) is 2.08. The van der Waals surface area contributed by atoms with Gasteiger partial charge in [-0.05, 0) is 37.3 Å². The van der Waals surface area contributed by atoms with Gasteiger partial charge in [-0.3, -0.25) is 4.57 Å². The maximum atomic E-state index is 4.87. The fraction of sp³-hybridized carbons (Fsp3) is 0.0455. The van der Waals surface area contributed by atoms with Crippen molar-refractivity contribution >= 4 is 38.3 Å². The van der Waals surface area contributed by atoms with Crippen molar-refractivity contribution in [3.63, 3.8) is 0 Å². The molecule has 5 aromatic rings. The van der Waals surface area contributed by atoms with Gasteiger partial charge in [0.15, 0.2) is 11.3 Å². The Balaban J connectivity index is 1.88. The van der Waals surface area contributed by atoms with E-state index in [1.807, 2.05) is 36.4 Å². The molecule has 2 aromatic heterocycles. The molecule has 5 heteroatoms. The minimum atomic E-state index is 0.643. The summed E-state index contributed by atoms with van der Waals surface area (Å²) in [7, 11) is 0. The molecule has 27 heavy (non-hydrogen) atoms. The van der Waals surface area contributed by atoms with Gasteiger partial charge in [0.1, 0.15) is 5.82 Å². The van der Waals surface area contributed by atoms with Crippen LogP contribution >= 0.6 is 15.9 Å². The zero-order chi connectivity index (χ0) is 18.4. The Morgan fingerprint density at radius 1 is 0.778 bits per heavy atom. The molecular formula is C22H15BrN4. The van der Waals surface area contributed by atoms with Crippen LogP contribution in [0.2, 0.25) is 0 Å². The molecule has 0 aliphatic rings. The lowest BCUT2D eigenvalue weighted by Gasteiger charge is -2.09. The molecule has 2 heterocycles. The third-order valence-corrected chi connectivity index (χ3v) is 5.04. The van der Waals surface area contributed by atoms with Crippen molar-refractivity contribution in [1.82, 2.24) is 19.5 Å². The van der Waals surface area contributed by atoms with Crippen molar-refractivity contribution in [2.45, 2.75) is 6.92 Å². The minimum absolute atomic E-state index is 0.643. The Labute approximate surface area is 164 Å². The Hall–Kier alpha value is -3.05. The maximum absolute atomic E-state index is 4.87. The van der Waals surface area contributed by atoms with E-state index in [0.29, 0.717) is 5.65 Å². The van der Waals surface area contributed by atoms with Crippen LogP contribution in [0.15, 0.2) is 77.3 Å². The maximum Gasteiger partial charge on any atom is 0.199 e. The second-order valence-electron chi connectivity index (χ2n) is 6.48. The molecule has 0 spiro atoms. The quantitative estimate of drug-likeness (QED) is 0.371. The highest BCUT2D eigenvalue weighted by Gasteiger charge is 2.17. The van der Waals surface area contributed by atoms with Crippen LogP contribution in [-0.4, -0.2) is 19.5 Å². The number of rotatable bonds is 2. The summed E-state index contributed by atoms with van der Waals surface area (Å²) in [6, 6.07) is 24.4. The molecule has 0 bridgehead atoms. The first-order chi connectivity index (χ1) is 13.2. The van der Waals surface area contributed by atoms with Gasteiger partial charge in [-0.1, -0.05) is 64.0 Å². The van der Waals surface area contributed by atoms with Crippen LogP contribution in [0, 0.1) is 6.92 Å². The van der Waals surface area contributed by atoms with Gasteiger partial charge in [-0.15, -0.1) is 0 Å². The predicted molar refractivity (Wildman–Crippen MR) is 112 cm³/mol. The van der Waals surface area contributed by atoms with E-state index in [0.717, 1.165) is 38.2 Å². The number of nitrogens with zero attached hydrogens (tertiary/aromatic N) is 4. The van der Waals surface area contributed by atoms with Crippen molar-refractivity contribution in [3.05, 3.63) is 82.8 Å². The van der Waals surface area contributed by atoms with Gasteiger partial charge in [0.2, 0.25) is 0 Å². The first-order valence-corrected chi connectivity index (χ1v) is 9.46. The number of aryl methyl sites for hydroxylation is 1. The molecule has 130 valence electrons. The summed E-state index contributed by atoms with van der Waals surface area (Å²) in [4.78, 5) is 14.5. The molecule has 0 aliphatic carbocycles. The van der Waals surface area contributed by atoms with Crippen LogP contribution in [0.5, 0.6) is 0 Å². The summed E-state index contributed by atoms with van der Waals surface area (Å²) in [5, 5.41) is 0. The van der Waals surface area contributed by atoms with Gasteiger partial charge < -0.3 is 0 Å². The summed E-state index contributed by atoms with van der Waals surface area (Å²) in [6.07, 6.45) is 0. The molecule has 0 saturated heterocycles. The van der Waals surface area contributed by atoms with Crippen LogP contribution in [0.25, 0.3) is 39.4 Å².